The number of anilines is 1. The molecule has 0 N–H and O–H groups in total. The van der Waals surface area contributed by atoms with Crippen LogP contribution in [0.25, 0.3) is 10.6 Å². The number of piperazine rings is 1. The van der Waals surface area contributed by atoms with Crippen LogP contribution in [0, 0.1) is 12.7 Å². The minimum atomic E-state index is -0.307. The van der Waals surface area contributed by atoms with E-state index in [9.17, 15) is 9.18 Å². The van der Waals surface area contributed by atoms with Crippen molar-refractivity contribution in [1.29, 1.82) is 0 Å². The van der Waals surface area contributed by atoms with Gasteiger partial charge in [0.25, 0.3) is 5.91 Å². The number of hydrogen-bond donors (Lipinski definition) is 0. The molecule has 4 rings (SSSR count). The van der Waals surface area contributed by atoms with Crippen LogP contribution in [0.1, 0.15) is 15.4 Å². The van der Waals surface area contributed by atoms with Gasteiger partial charge in [-0.1, -0.05) is 18.2 Å². The summed E-state index contributed by atoms with van der Waals surface area (Å²) in [6.45, 7) is 4.61. The molecule has 3 heterocycles. The monoisotopic (exact) mass is 382 g/mol. The van der Waals surface area contributed by atoms with Crippen molar-refractivity contribution in [2.75, 3.05) is 31.1 Å². The van der Waals surface area contributed by atoms with Gasteiger partial charge in [-0.25, -0.2) is 14.4 Å². The first kappa shape index (κ1) is 17.6. The highest BCUT2D eigenvalue weighted by Crippen LogP contribution is 2.29. The molecule has 2 aromatic heterocycles. The van der Waals surface area contributed by atoms with Gasteiger partial charge >= 0.3 is 0 Å². The number of thiazole rings is 1. The van der Waals surface area contributed by atoms with Crippen LogP contribution in [0.5, 0.6) is 0 Å². The van der Waals surface area contributed by atoms with E-state index in [0.29, 0.717) is 34.2 Å². The lowest BCUT2D eigenvalue weighted by Gasteiger charge is -2.35. The van der Waals surface area contributed by atoms with Gasteiger partial charge < -0.3 is 9.80 Å². The number of benzene rings is 1. The zero-order valence-corrected chi connectivity index (χ0v) is 15.7. The molecule has 1 fully saturated rings. The lowest BCUT2D eigenvalue weighted by molar-refractivity contribution is 0.0750. The normalized spacial score (nSPS) is 14.4. The third kappa shape index (κ3) is 3.68. The SMILES string of the molecule is Cc1nc(-c2cccc(F)c2)sc1C(=O)N1CCN(c2ccccn2)CC1. The number of aromatic nitrogens is 2. The smallest absolute Gasteiger partial charge is 0.265 e. The van der Waals surface area contributed by atoms with Crippen molar-refractivity contribution in [2.24, 2.45) is 0 Å². The first-order chi connectivity index (χ1) is 13.1. The lowest BCUT2D eigenvalue weighted by atomic mass is 10.2. The molecule has 138 valence electrons. The molecule has 1 aliphatic heterocycles. The predicted octanol–water partition coefficient (Wildman–Crippen LogP) is 3.62. The van der Waals surface area contributed by atoms with Crippen LogP contribution in [-0.4, -0.2) is 47.0 Å². The van der Waals surface area contributed by atoms with Gasteiger partial charge in [-0.2, -0.15) is 0 Å². The largest absolute Gasteiger partial charge is 0.353 e. The van der Waals surface area contributed by atoms with E-state index in [1.807, 2.05) is 30.0 Å². The van der Waals surface area contributed by atoms with Gasteiger partial charge in [-0.3, -0.25) is 4.79 Å². The van der Waals surface area contributed by atoms with E-state index >= 15 is 0 Å². The van der Waals surface area contributed by atoms with Crippen LogP contribution < -0.4 is 4.90 Å². The van der Waals surface area contributed by atoms with Gasteiger partial charge in [0.05, 0.1) is 5.69 Å². The van der Waals surface area contributed by atoms with Crippen molar-refractivity contribution in [3.63, 3.8) is 0 Å². The van der Waals surface area contributed by atoms with Crippen LogP contribution >= 0.6 is 11.3 Å². The molecule has 0 atom stereocenters. The molecule has 1 amide bonds. The van der Waals surface area contributed by atoms with E-state index in [0.717, 1.165) is 18.9 Å². The Kier molecular flexibility index (Phi) is 4.85. The highest BCUT2D eigenvalue weighted by molar-refractivity contribution is 7.17. The van der Waals surface area contributed by atoms with E-state index in [4.69, 9.17) is 0 Å². The maximum absolute atomic E-state index is 13.5. The summed E-state index contributed by atoms with van der Waals surface area (Å²) in [4.78, 5) is 26.5. The maximum atomic E-state index is 13.5. The van der Waals surface area contributed by atoms with Gasteiger partial charge in [0.2, 0.25) is 0 Å². The molecule has 1 aromatic carbocycles. The van der Waals surface area contributed by atoms with Crippen LogP contribution in [0.2, 0.25) is 0 Å². The molecule has 0 bridgehead atoms. The summed E-state index contributed by atoms with van der Waals surface area (Å²) in [6.07, 6.45) is 1.78. The van der Waals surface area contributed by atoms with E-state index in [1.54, 1.807) is 18.3 Å². The van der Waals surface area contributed by atoms with Gasteiger partial charge in [0, 0.05) is 37.9 Å². The predicted molar refractivity (Wildman–Crippen MR) is 105 cm³/mol. The number of carbonyl (C=O) groups excluding carboxylic acids is 1. The molecule has 1 aliphatic rings. The van der Waals surface area contributed by atoms with Crippen molar-refractivity contribution >= 4 is 23.1 Å². The Labute approximate surface area is 161 Å². The zero-order valence-electron chi connectivity index (χ0n) is 14.9. The number of nitrogens with zero attached hydrogens (tertiary/aromatic N) is 4. The van der Waals surface area contributed by atoms with Crippen molar-refractivity contribution in [3.8, 4) is 10.6 Å². The lowest BCUT2D eigenvalue weighted by Crippen LogP contribution is -2.49. The highest BCUT2D eigenvalue weighted by atomic mass is 32.1. The van der Waals surface area contributed by atoms with Crippen LogP contribution in [-0.2, 0) is 0 Å². The Hall–Kier alpha value is -2.80. The van der Waals surface area contributed by atoms with Gasteiger partial charge in [-0.15, -0.1) is 11.3 Å². The molecule has 7 heteroatoms. The first-order valence-electron chi connectivity index (χ1n) is 8.80. The number of aryl methyl sites for hydroxylation is 1. The number of pyridine rings is 1. The van der Waals surface area contributed by atoms with Crippen molar-refractivity contribution < 1.29 is 9.18 Å². The number of hydrogen-bond acceptors (Lipinski definition) is 5. The Morgan fingerprint density at radius 2 is 1.93 bits per heavy atom. The molecule has 5 nitrogen and oxygen atoms in total. The van der Waals surface area contributed by atoms with Gasteiger partial charge in [-0.05, 0) is 31.2 Å². The molecule has 3 aromatic rings. The van der Waals surface area contributed by atoms with Crippen LogP contribution in [0.15, 0.2) is 48.7 Å². The van der Waals surface area contributed by atoms with Crippen molar-refractivity contribution in [1.82, 2.24) is 14.9 Å². The van der Waals surface area contributed by atoms with E-state index < -0.39 is 0 Å². The summed E-state index contributed by atoms with van der Waals surface area (Å²) in [7, 11) is 0. The number of rotatable bonds is 3. The summed E-state index contributed by atoms with van der Waals surface area (Å²) in [5.74, 6) is 0.624. The molecule has 0 saturated carbocycles. The molecule has 1 saturated heterocycles. The van der Waals surface area contributed by atoms with Gasteiger partial charge in [0.15, 0.2) is 0 Å². The first-order valence-corrected chi connectivity index (χ1v) is 9.62. The van der Waals surface area contributed by atoms with Crippen molar-refractivity contribution in [2.45, 2.75) is 6.92 Å². The van der Waals surface area contributed by atoms with Crippen molar-refractivity contribution in [3.05, 3.63) is 65.0 Å². The average molecular weight is 382 g/mol. The van der Waals surface area contributed by atoms with E-state index in [2.05, 4.69) is 14.9 Å². The second kappa shape index (κ2) is 7.44. The summed E-state index contributed by atoms with van der Waals surface area (Å²) >= 11 is 1.33. The summed E-state index contributed by atoms with van der Waals surface area (Å²) in [6, 6.07) is 12.1. The summed E-state index contributed by atoms with van der Waals surface area (Å²) < 4.78 is 13.5. The standard InChI is InChI=1S/C20H19FN4OS/c1-14-18(27-19(23-14)15-5-4-6-16(21)13-15)20(26)25-11-9-24(10-12-25)17-7-2-3-8-22-17/h2-8,13H,9-12H2,1H3. The molecule has 0 radical (unpaired) electrons. The van der Waals surface area contributed by atoms with E-state index in [1.165, 1.54) is 23.5 Å². The Morgan fingerprint density at radius 1 is 1.11 bits per heavy atom. The quantitative estimate of drug-likeness (QED) is 0.694. The third-order valence-electron chi connectivity index (χ3n) is 4.60. The number of amides is 1. The maximum Gasteiger partial charge on any atom is 0.265 e. The summed E-state index contributed by atoms with van der Waals surface area (Å²) in [5.41, 5.74) is 1.39. The Bertz CT molecular complexity index is 952. The fourth-order valence-corrected chi connectivity index (χ4v) is 4.19. The topological polar surface area (TPSA) is 49.3 Å². The Balaban J connectivity index is 1.48. The third-order valence-corrected chi connectivity index (χ3v) is 5.80. The molecule has 0 aliphatic carbocycles. The number of halogens is 1. The zero-order chi connectivity index (χ0) is 18.8. The molecule has 0 spiro atoms. The molecule has 0 unspecified atom stereocenters. The molecular formula is C20H19FN4OS. The second-order valence-corrected chi connectivity index (χ2v) is 7.41. The molecular weight excluding hydrogens is 363 g/mol. The minimum absolute atomic E-state index is 0.00618. The Morgan fingerprint density at radius 3 is 2.63 bits per heavy atom. The summed E-state index contributed by atoms with van der Waals surface area (Å²) in [5, 5.41) is 0.669. The van der Waals surface area contributed by atoms with Gasteiger partial charge in [0.1, 0.15) is 21.5 Å². The van der Waals surface area contributed by atoms with Crippen LogP contribution in [0.4, 0.5) is 10.2 Å². The highest BCUT2D eigenvalue weighted by Gasteiger charge is 2.26. The molecule has 27 heavy (non-hydrogen) atoms. The fourth-order valence-electron chi connectivity index (χ4n) is 3.16. The van der Waals surface area contributed by atoms with Crippen LogP contribution in [0.3, 0.4) is 0 Å². The fraction of sp³-hybridized carbons (Fsp3) is 0.250. The van der Waals surface area contributed by atoms with E-state index in [-0.39, 0.29) is 11.7 Å². The number of carbonyl (C=O) groups is 1. The second-order valence-electron chi connectivity index (χ2n) is 6.41. The minimum Gasteiger partial charge on any atom is -0.353 e. The average Bonchev–Trinajstić information content (AvgIpc) is 3.10.